The van der Waals surface area contributed by atoms with Crippen LogP contribution in [0.1, 0.15) is 21.5 Å². The Morgan fingerprint density at radius 1 is 1.07 bits per heavy atom. The number of aromatic nitrogens is 1. The number of carbonyl (C=O) groups is 1. The topological polar surface area (TPSA) is 36.4 Å². The van der Waals surface area contributed by atoms with Gasteiger partial charge in [-0.15, -0.1) is 11.8 Å². The molecule has 0 aliphatic carbocycles. The monoisotopic (exact) mass is 397 g/mol. The molecular formula is C21H23N3OS2. The number of piperazine rings is 1. The summed E-state index contributed by atoms with van der Waals surface area (Å²) < 4.78 is 1.23. The number of hydrogen-bond acceptors (Lipinski definition) is 5. The van der Waals surface area contributed by atoms with E-state index in [1.165, 1.54) is 15.2 Å². The molecule has 1 fully saturated rings. The molecule has 1 aliphatic heterocycles. The van der Waals surface area contributed by atoms with Crippen molar-refractivity contribution in [1.29, 1.82) is 0 Å². The van der Waals surface area contributed by atoms with Gasteiger partial charge in [0.15, 0.2) is 5.13 Å². The maximum atomic E-state index is 12.9. The summed E-state index contributed by atoms with van der Waals surface area (Å²) in [6, 6.07) is 12.5. The van der Waals surface area contributed by atoms with Gasteiger partial charge in [-0.25, -0.2) is 4.98 Å². The quantitative estimate of drug-likeness (QED) is 0.605. The second kappa shape index (κ2) is 7.52. The molecule has 0 N–H and O–H groups in total. The summed E-state index contributed by atoms with van der Waals surface area (Å²) in [7, 11) is 0. The normalized spacial score (nSPS) is 14.8. The van der Waals surface area contributed by atoms with Gasteiger partial charge in [-0.1, -0.05) is 29.0 Å². The molecule has 0 bridgehead atoms. The predicted molar refractivity (Wildman–Crippen MR) is 115 cm³/mol. The van der Waals surface area contributed by atoms with Crippen LogP contribution in [0.4, 0.5) is 5.13 Å². The summed E-state index contributed by atoms with van der Waals surface area (Å²) >= 11 is 3.49. The number of hydrogen-bond donors (Lipinski definition) is 0. The van der Waals surface area contributed by atoms with Crippen LogP contribution in [0.2, 0.25) is 0 Å². The summed E-state index contributed by atoms with van der Waals surface area (Å²) in [5.41, 5.74) is 4.12. The third-order valence-electron chi connectivity index (χ3n) is 5.03. The second-order valence-electron chi connectivity index (χ2n) is 6.93. The van der Waals surface area contributed by atoms with E-state index in [1.54, 1.807) is 23.1 Å². The Bertz CT molecular complexity index is 990. The van der Waals surface area contributed by atoms with Crippen LogP contribution in [0.3, 0.4) is 0 Å². The molecule has 6 heteroatoms. The highest BCUT2D eigenvalue weighted by Crippen LogP contribution is 2.32. The summed E-state index contributed by atoms with van der Waals surface area (Å²) in [6.07, 6.45) is 2.09. The van der Waals surface area contributed by atoms with E-state index in [1.807, 2.05) is 24.0 Å². The highest BCUT2D eigenvalue weighted by molar-refractivity contribution is 7.98. The average molecular weight is 398 g/mol. The fraction of sp³-hybridized carbons (Fsp3) is 0.333. The molecule has 140 valence electrons. The van der Waals surface area contributed by atoms with Crippen molar-refractivity contribution in [2.45, 2.75) is 18.7 Å². The van der Waals surface area contributed by atoms with E-state index in [0.717, 1.165) is 48.0 Å². The SMILES string of the molecule is CSc1ccc2nc(N3CCN(C(=O)c4ccc(C)cc4C)CC3)sc2c1. The molecule has 0 radical (unpaired) electrons. The zero-order valence-electron chi connectivity index (χ0n) is 15.9. The fourth-order valence-electron chi connectivity index (χ4n) is 3.48. The van der Waals surface area contributed by atoms with Gasteiger partial charge in [0.05, 0.1) is 10.2 Å². The minimum atomic E-state index is 0.140. The lowest BCUT2D eigenvalue weighted by Gasteiger charge is -2.34. The van der Waals surface area contributed by atoms with E-state index in [9.17, 15) is 4.79 Å². The molecule has 1 aromatic heterocycles. The molecule has 1 aliphatic rings. The van der Waals surface area contributed by atoms with Crippen LogP contribution in [0.25, 0.3) is 10.2 Å². The highest BCUT2D eigenvalue weighted by atomic mass is 32.2. The highest BCUT2D eigenvalue weighted by Gasteiger charge is 2.24. The molecule has 27 heavy (non-hydrogen) atoms. The van der Waals surface area contributed by atoms with E-state index in [2.05, 4.69) is 42.3 Å². The molecule has 0 saturated carbocycles. The van der Waals surface area contributed by atoms with Gasteiger partial charge in [-0.3, -0.25) is 4.79 Å². The molecule has 0 spiro atoms. The molecule has 1 amide bonds. The van der Waals surface area contributed by atoms with Gasteiger partial charge < -0.3 is 9.80 Å². The van der Waals surface area contributed by atoms with Gasteiger partial charge in [0.2, 0.25) is 0 Å². The van der Waals surface area contributed by atoms with Crippen molar-refractivity contribution in [3.05, 3.63) is 53.1 Å². The molecule has 3 aromatic rings. The number of nitrogens with zero attached hydrogens (tertiary/aromatic N) is 3. The van der Waals surface area contributed by atoms with Gasteiger partial charge >= 0.3 is 0 Å². The van der Waals surface area contributed by atoms with Gasteiger partial charge in [-0.05, 0) is 49.9 Å². The van der Waals surface area contributed by atoms with Crippen molar-refractivity contribution < 1.29 is 4.79 Å². The first-order valence-corrected chi connectivity index (χ1v) is 11.2. The summed E-state index contributed by atoms with van der Waals surface area (Å²) in [4.78, 5) is 23.2. The van der Waals surface area contributed by atoms with Crippen molar-refractivity contribution in [2.24, 2.45) is 0 Å². The Kier molecular flexibility index (Phi) is 5.10. The lowest BCUT2D eigenvalue weighted by atomic mass is 10.0. The third-order valence-corrected chi connectivity index (χ3v) is 6.84. The lowest BCUT2D eigenvalue weighted by Crippen LogP contribution is -2.48. The minimum Gasteiger partial charge on any atom is -0.345 e. The maximum absolute atomic E-state index is 12.9. The number of thiazole rings is 1. The first-order valence-electron chi connectivity index (χ1n) is 9.11. The van der Waals surface area contributed by atoms with Crippen LogP contribution >= 0.6 is 23.1 Å². The molecule has 0 atom stereocenters. The first kappa shape index (κ1) is 18.3. The van der Waals surface area contributed by atoms with E-state index in [0.29, 0.717) is 0 Å². The Morgan fingerprint density at radius 2 is 1.85 bits per heavy atom. The lowest BCUT2D eigenvalue weighted by molar-refractivity contribution is 0.0746. The molecule has 2 aromatic carbocycles. The summed E-state index contributed by atoms with van der Waals surface area (Å²) in [5, 5.41) is 1.06. The number of carbonyl (C=O) groups excluding carboxylic acids is 1. The van der Waals surface area contributed by atoms with Crippen LogP contribution < -0.4 is 4.90 Å². The molecule has 0 unspecified atom stereocenters. The van der Waals surface area contributed by atoms with Gasteiger partial charge in [-0.2, -0.15) is 0 Å². The van der Waals surface area contributed by atoms with Crippen LogP contribution in [0, 0.1) is 13.8 Å². The van der Waals surface area contributed by atoms with Crippen molar-refractivity contribution in [1.82, 2.24) is 9.88 Å². The van der Waals surface area contributed by atoms with Crippen LogP contribution in [0.15, 0.2) is 41.3 Å². The van der Waals surface area contributed by atoms with Crippen LogP contribution in [0.5, 0.6) is 0 Å². The Balaban J connectivity index is 1.46. The maximum Gasteiger partial charge on any atom is 0.254 e. The Hall–Kier alpha value is -2.05. The molecule has 4 rings (SSSR count). The van der Waals surface area contributed by atoms with Crippen molar-refractivity contribution in [3.8, 4) is 0 Å². The Morgan fingerprint density at radius 3 is 2.56 bits per heavy atom. The molecule has 1 saturated heterocycles. The van der Waals surface area contributed by atoms with E-state index < -0.39 is 0 Å². The van der Waals surface area contributed by atoms with E-state index in [4.69, 9.17) is 4.98 Å². The number of aryl methyl sites for hydroxylation is 2. The molecular weight excluding hydrogens is 374 g/mol. The fourth-order valence-corrected chi connectivity index (χ4v) is 5.05. The van der Waals surface area contributed by atoms with Crippen LogP contribution in [-0.4, -0.2) is 48.2 Å². The second-order valence-corrected chi connectivity index (χ2v) is 8.82. The number of fused-ring (bicyclic) bond motifs is 1. The first-order chi connectivity index (χ1) is 13.0. The molecule has 4 nitrogen and oxygen atoms in total. The smallest absolute Gasteiger partial charge is 0.254 e. The van der Waals surface area contributed by atoms with E-state index >= 15 is 0 Å². The van der Waals surface area contributed by atoms with Crippen molar-refractivity contribution >= 4 is 44.4 Å². The number of anilines is 1. The predicted octanol–water partition coefficient (Wildman–Crippen LogP) is 4.60. The third kappa shape index (κ3) is 3.69. The average Bonchev–Trinajstić information content (AvgIpc) is 3.11. The molecule has 2 heterocycles. The standard InChI is InChI=1S/C21H23N3OS2/c1-14-4-6-17(15(2)12-14)20(25)23-8-10-24(11-9-23)21-22-18-7-5-16(26-3)13-19(18)27-21/h4-7,12-13H,8-11H2,1-3H3. The number of rotatable bonds is 3. The zero-order valence-corrected chi connectivity index (χ0v) is 17.5. The van der Waals surface area contributed by atoms with Crippen molar-refractivity contribution in [2.75, 3.05) is 37.3 Å². The number of benzene rings is 2. The van der Waals surface area contributed by atoms with Gasteiger partial charge in [0, 0.05) is 36.6 Å². The van der Waals surface area contributed by atoms with Gasteiger partial charge in [0.25, 0.3) is 5.91 Å². The van der Waals surface area contributed by atoms with E-state index in [-0.39, 0.29) is 5.91 Å². The minimum absolute atomic E-state index is 0.140. The summed E-state index contributed by atoms with van der Waals surface area (Å²) in [5.74, 6) is 0.140. The summed E-state index contributed by atoms with van der Waals surface area (Å²) in [6.45, 7) is 7.19. The largest absolute Gasteiger partial charge is 0.345 e. The Labute approximate surface area is 168 Å². The van der Waals surface area contributed by atoms with Gasteiger partial charge in [0.1, 0.15) is 0 Å². The number of thioether (sulfide) groups is 1. The number of amides is 1. The zero-order chi connectivity index (χ0) is 19.0. The van der Waals surface area contributed by atoms with Crippen LogP contribution in [-0.2, 0) is 0 Å². The van der Waals surface area contributed by atoms with Crippen molar-refractivity contribution in [3.63, 3.8) is 0 Å².